The zero-order chi connectivity index (χ0) is 32.1. The van der Waals surface area contributed by atoms with Crippen molar-refractivity contribution in [3.63, 3.8) is 0 Å². The number of anilines is 1. The fourth-order valence-corrected chi connectivity index (χ4v) is 6.67. The summed E-state index contributed by atoms with van der Waals surface area (Å²) in [5.41, 5.74) is 5.50. The topological polar surface area (TPSA) is 115 Å². The summed E-state index contributed by atoms with van der Waals surface area (Å²) in [4.78, 5) is 33.0. The summed E-state index contributed by atoms with van der Waals surface area (Å²) in [7, 11) is 0. The molecule has 1 aromatic heterocycles. The maximum atomic E-state index is 13.4. The molecule has 1 aliphatic rings. The summed E-state index contributed by atoms with van der Waals surface area (Å²) in [5.74, 6) is 0.392. The highest BCUT2D eigenvalue weighted by molar-refractivity contribution is 7.09. The number of carbonyl (C=O) groups excluding carboxylic acids is 2. The van der Waals surface area contributed by atoms with Crippen LogP contribution in [0.4, 0.5) is 5.69 Å². The summed E-state index contributed by atoms with van der Waals surface area (Å²) >= 11 is 1.59. The highest BCUT2D eigenvalue weighted by Gasteiger charge is 2.32. The molecule has 1 saturated heterocycles. The van der Waals surface area contributed by atoms with Crippen molar-refractivity contribution in [1.82, 2.24) is 15.2 Å². The summed E-state index contributed by atoms with van der Waals surface area (Å²) in [6, 6.07) is 17.9. The minimum Gasteiger partial charge on any atom is -0.508 e. The minimum absolute atomic E-state index is 0.0192. The largest absolute Gasteiger partial charge is 0.508 e. The third kappa shape index (κ3) is 8.02. The van der Waals surface area contributed by atoms with Crippen molar-refractivity contribution in [2.24, 2.45) is 0 Å². The number of nitrogens with one attached hydrogen (secondary N) is 2. The lowest BCUT2D eigenvalue weighted by atomic mass is 10.00. The lowest BCUT2D eigenvalue weighted by Gasteiger charge is -2.23. The Labute approximate surface area is 269 Å². The van der Waals surface area contributed by atoms with E-state index in [4.69, 9.17) is 0 Å². The molecule has 8 nitrogen and oxygen atoms in total. The molecule has 9 heteroatoms. The van der Waals surface area contributed by atoms with Crippen molar-refractivity contribution in [2.75, 3.05) is 11.9 Å². The van der Waals surface area contributed by atoms with E-state index in [9.17, 15) is 19.8 Å². The predicted octanol–water partition coefficient (Wildman–Crippen LogP) is 7.33. The van der Waals surface area contributed by atoms with Crippen molar-refractivity contribution in [2.45, 2.75) is 77.9 Å². The monoisotopic (exact) mass is 626 g/mol. The number of aromatic nitrogens is 1. The van der Waals surface area contributed by atoms with Crippen LogP contribution >= 0.6 is 11.3 Å². The maximum absolute atomic E-state index is 13.4. The Morgan fingerprint density at radius 2 is 1.82 bits per heavy atom. The lowest BCUT2D eigenvalue weighted by Crippen LogP contribution is -2.33. The van der Waals surface area contributed by atoms with Gasteiger partial charge in [-0.1, -0.05) is 32.0 Å². The van der Waals surface area contributed by atoms with Crippen molar-refractivity contribution in [3.05, 3.63) is 105 Å². The number of benzene rings is 3. The lowest BCUT2D eigenvalue weighted by molar-refractivity contribution is 0.0735. The Hall–Kier alpha value is -4.37. The van der Waals surface area contributed by atoms with Crippen molar-refractivity contribution in [3.8, 4) is 11.5 Å². The van der Waals surface area contributed by atoms with Crippen LogP contribution in [0.15, 0.2) is 66.0 Å². The van der Waals surface area contributed by atoms with Crippen LogP contribution in [-0.2, 0) is 13.0 Å². The van der Waals surface area contributed by atoms with E-state index in [1.165, 1.54) is 0 Å². The van der Waals surface area contributed by atoms with E-state index < -0.39 is 0 Å². The summed E-state index contributed by atoms with van der Waals surface area (Å²) in [5, 5.41) is 30.0. The van der Waals surface area contributed by atoms with Gasteiger partial charge in [-0.3, -0.25) is 9.59 Å². The smallest absolute Gasteiger partial charge is 0.254 e. The standard InChI is InChI=1S/C36H42N4O4S/c1-22(2)29-15-26(16-30(41)19-29)20-37-31-13-12-25(17-33(31)42)11-10-23(3)38-34(43)27-7-5-8-28(18-27)36(44)40-14-6-9-32(40)35-39-24(4)21-45-35/h5,7-8,12-13,15-19,21-23,32,37,41-42H,6,9-11,14,20H2,1-4H3,(H,38,43)/t23-,32+/m0/s1. The molecular weight excluding hydrogens is 584 g/mol. The van der Waals surface area contributed by atoms with Gasteiger partial charge in [0.2, 0.25) is 0 Å². The fourth-order valence-electron chi connectivity index (χ4n) is 5.73. The number of likely N-dealkylation sites (tertiary alicyclic amines) is 1. The van der Waals surface area contributed by atoms with Crippen molar-refractivity contribution < 1.29 is 19.8 Å². The minimum atomic E-state index is -0.222. The van der Waals surface area contributed by atoms with Gasteiger partial charge in [0, 0.05) is 41.3 Å². The van der Waals surface area contributed by atoms with Gasteiger partial charge in [0.1, 0.15) is 16.5 Å². The highest BCUT2D eigenvalue weighted by Crippen LogP contribution is 2.35. The SMILES string of the molecule is Cc1csc([C@H]2CCCN2C(=O)c2cccc(C(=O)N[C@@H](C)CCc3ccc(NCc4cc(O)cc(C(C)C)c4)c(O)c3)c2)n1. The Kier molecular flexibility index (Phi) is 10.1. The normalized spacial score (nSPS) is 15.3. The van der Waals surface area contributed by atoms with Gasteiger partial charge in [-0.05, 0) is 105 Å². The number of phenols is 2. The first-order valence-electron chi connectivity index (χ1n) is 15.6. The summed E-state index contributed by atoms with van der Waals surface area (Å²) in [6.45, 7) is 9.23. The molecule has 45 heavy (non-hydrogen) atoms. The molecule has 0 spiro atoms. The Bertz CT molecular complexity index is 1670. The van der Waals surface area contributed by atoms with Gasteiger partial charge in [-0.15, -0.1) is 11.3 Å². The van der Waals surface area contributed by atoms with Crippen molar-refractivity contribution in [1.29, 1.82) is 0 Å². The van der Waals surface area contributed by atoms with Crippen LogP contribution in [0.1, 0.15) is 100 Å². The summed E-state index contributed by atoms with van der Waals surface area (Å²) in [6.07, 6.45) is 3.18. The molecule has 2 amide bonds. The van der Waals surface area contributed by atoms with Gasteiger partial charge in [-0.25, -0.2) is 4.98 Å². The number of phenolic OH excluding ortho intramolecular Hbond substituents is 2. The Balaban J connectivity index is 1.14. The number of aryl methyl sites for hydroxylation is 2. The number of hydrogen-bond donors (Lipinski definition) is 4. The average Bonchev–Trinajstić information content (AvgIpc) is 3.68. The second-order valence-electron chi connectivity index (χ2n) is 12.3. The molecule has 1 aliphatic heterocycles. The number of rotatable bonds is 11. The van der Waals surface area contributed by atoms with Gasteiger partial charge in [0.05, 0.1) is 11.7 Å². The van der Waals surface area contributed by atoms with Gasteiger partial charge >= 0.3 is 0 Å². The molecule has 0 saturated carbocycles. The number of amides is 2. The van der Waals surface area contributed by atoms with E-state index in [0.29, 0.717) is 48.7 Å². The highest BCUT2D eigenvalue weighted by atomic mass is 32.1. The first-order chi connectivity index (χ1) is 21.6. The van der Waals surface area contributed by atoms with Crippen LogP contribution in [0.2, 0.25) is 0 Å². The molecule has 0 aliphatic carbocycles. The van der Waals surface area contributed by atoms with E-state index in [0.717, 1.165) is 40.2 Å². The van der Waals surface area contributed by atoms with Crippen molar-refractivity contribution >= 4 is 28.8 Å². The molecule has 236 valence electrons. The van der Waals surface area contributed by atoms with E-state index in [-0.39, 0.29) is 35.4 Å². The van der Waals surface area contributed by atoms with Crippen LogP contribution in [0.3, 0.4) is 0 Å². The van der Waals surface area contributed by atoms with Gasteiger partial charge < -0.3 is 25.7 Å². The third-order valence-corrected chi connectivity index (χ3v) is 9.33. The number of hydrogen-bond acceptors (Lipinski definition) is 7. The van der Waals surface area contributed by atoms with Gasteiger partial charge in [0.15, 0.2) is 0 Å². The van der Waals surface area contributed by atoms with Crippen LogP contribution in [-0.4, -0.2) is 44.5 Å². The first kappa shape index (κ1) is 32.0. The number of aromatic hydroxyl groups is 2. The molecule has 4 N–H and O–H groups in total. The first-order valence-corrected chi connectivity index (χ1v) is 16.5. The van der Waals surface area contributed by atoms with E-state index in [1.54, 1.807) is 53.8 Å². The molecule has 2 atom stereocenters. The molecule has 2 heterocycles. The molecule has 0 bridgehead atoms. The third-order valence-electron chi connectivity index (χ3n) is 8.26. The molecule has 5 rings (SSSR count). The second-order valence-corrected chi connectivity index (χ2v) is 13.2. The molecule has 3 aromatic carbocycles. The number of thiazole rings is 1. The van der Waals surface area contributed by atoms with Crippen LogP contribution in [0, 0.1) is 6.92 Å². The van der Waals surface area contributed by atoms with E-state index in [2.05, 4.69) is 35.5 Å². The molecule has 1 fully saturated rings. The molecule has 0 unspecified atom stereocenters. The van der Waals surface area contributed by atoms with Gasteiger partial charge in [-0.2, -0.15) is 0 Å². The van der Waals surface area contributed by atoms with E-state index in [1.807, 2.05) is 36.3 Å². The average molecular weight is 627 g/mol. The molecule has 4 aromatic rings. The fraction of sp³-hybridized carbons (Fsp3) is 0.361. The molecular formula is C36H42N4O4S. The zero-order valence-corrected chi connectivity index (χ0v) is 27.2. The summed E-state index contributed by atoms with van der Waals surface area (Å²) < 4.78 is 0. The van der Waals surface area contributed by atoms with Crippen LogP contribution < -0.4 is 10.6 Å². The number of nitrogens with zero attached hydrogens (tertiary/aromatic N) is 2. The predicted molar refractivity (Wildman–Crippen MR) is 179 cm³/mol. The number of carbonyl (C=O) groups is 2. The maximum Gasteiger partial charge on any atom is 0.254 e. The van der Waals surface area contributed by atoms with Crippen LogP contribution in [0.5, 0.6) is 11.5 Å². The quantitative estimate of drug-likeness (QED) is 0.130. The Morgan fingerprint density at radius 1 is 1.02 bits per heavy atom. The zero-order valence-electron chi connectivity index (χ0n) is 26.3. The van der Waals surface area contributed by atoms with E-state index >= 15 is 0 Å². The van der Waals surface area contributed by atoms with Crippen LogP contribution in [0.25, 0.3) is 0 Å². The second kappa shape index (κ2) is 14.2. The Morgan fingerprint density at radius 3 is 2.56 bits per heavy atom. The molecule has 0 radical (unpaired) electrons. The van der Waals surface area contributed by atoms with Gasteiger partial charge in [0.25, 0.3) is 11.8 Å².